The Morgan fingerprint density at radius 3 is 2.50 bits per heavy atom. The molecule has 6 rings (SSSR count). The molecular weight excluding hydrogens is 355 g/mol. The van der Waals surface area contributed by atoms with E-state index in [0.29, 0.717) is 5.92 Å². The van der Waals surface area contributed by atoms with E-state index in [1.54, 1.807) is 12.1 Å². The second-order valence-electron chi connectivity index (χ2n) is 8.24. The number of rotatable bonds is 3. The lowest BCUT2D eigenvalue weighted by Gasteiger charge is -2.43. The minimum absolute atomic E-state index is 0.0222. The van der Waals surface area contributed by atoms with Crippen molar-refractivity contribution in [2.24, 2.45) is 5.92 Å². The highest BCUT2D eigenvalue weighted by Gasteiger charge is 2.37. The maximum atomic E-state index is 13.2. The SMILES string of the molecule is O=C(NC1CCc2ccc(-c3ccc(F)cc3)cc21)O[C@H]1CN2CCC1CC2. The van der Waals surface area contributed by atoms with E-state index in [1.807, 2.05) is 0 Å². The van der Waals surface area contributed by atoms with Crippen LogP contribution in [0, 0.1) is 11.7 Å². The number of amides is 1. The Morgan fingerprint density at radius 2 is 1.79 bits per heavy atom. The highest BCUT2D eigenvalue weighted by atomic mass is 19.1. The van der Waals surface area contributed by atoms with Gasteiger partial charge < -0.3 is 10.1 Å². The molecule has 1 N–H and O–H groups in total. The monoisotopic (exact) mass is 380 g/mol. The molecular formula is C23H25FN2O2. The maximum absolute atomic E-state index is 13.2. The number of fused-ring (bicyclic) bond motifs is 4. The molecule has 2 aromatic rings. The third kappa shape index (κ3) is 3.39. The van der Waals surface area contributed by atoms with E-state index < -0.39 is 0 Å². The molecule has 2 bridgehead atoms. The summed E-state index contributed by atoms with van der Waals surface area (Å²) in [6.45, 7) is 3.14. The largest absolute Gasteiger partial charge is 0.445 e. The molecule has 4 nitrogen and oxygen atoms in total. The van der Waals surface area contributed by atoms with Crippen LogP contribution in [0.25, 0.3) is 11.1 Å². The number of ether oxygens (including phenoxy) is 1. The maximum Gasteiger partial charge on any atom is 0.407 e. The number of benzene rings is 2. The van der Waals surface area contributed by atoms with Crippen molar-refractivity contribution in [2.45, 2.75) is 37.8 Å². The van der Waals surface area contributed by atoms with E-state index >= 15 is 0 Å². The molecule has 0 saturated carbocycles. The number of aryl methyl sites for hydroxylation is 1. The average molecular weight is 380 g/mol. The fraction of sp³-hybridized carbons (Fsp3) is 0.435. The molecule has 1 amide bonds. The molecule has 0 spiro atoms. The zero-order chi connectivity index (χ0) is 19.1. The smallest absolute Gasteiger partial charge is 0.407 e. The van der Waals surface area contributed by atoms with E-state index in [2.05, 4.69) is 28.4 Å². The Hall–Kier alpha value is -2.40. The van der Waals surface area contributed by atoms with Crippen LogP contribution in [0.4, 0.5) is 9.18 Å². The summed E-state index contributed by atoms with van der Waals surface area (Å²) in [7, 11) is 0. The van der Waals surface area contributed by atoms with Crippen molar-refractivity contribution >= 4 is 6.09 Å². The van der Waals surface area contributed by atoms with E-state index in [0.717, 1.165) is 62.0 Å². The number of carbonyl (C=O) groups is 1. The van der Waals surface area contributed by atoms with Crippen LogP contribution in [0.15, 0.2) is 42.5 Å². The molecule has 1 unspecified atom stereocenters. The van der Waals surface area contributed by atoms with Crippen molar-refractivity contribution in [2.75, 3.05) is 19.6 Å². The molecule has 146 valence electrons. The Bertz CT molecular complexity index is 875. The quantitative estimate of drug-likeness (QED) is 0.863. The second kappa shape index (κ2) is 7.21. The first-order chi connectivity index (χ1) is 13.7. The number of nitrogens with one attached hydrogen (secondary N) is 1. The molecule has 0 aromatic heterocycles. The molecule has 3 saturated heterocycles. The zero-order valence-corrected chi connectivity index (χ0v) is 15.9. The number of piperidine rings is 3. The molecule has 5 heteroatoms. The first-order valence-corrected chi connectivity index (χ1v) is 10.2. The highest BCUT2D eigenvalue weighted by Crippen LogP contribution is 2.35. The zero-order valence-electron chi connectivity index (χ0n) is 15.9. The van der Waals surface area contributed by atoms with Crippen molar-refractivity contribution in [3.63, 3.8) is 0 Å². The number of hydrogen-bond acceptors (Lipinski definition) is 3. The van der Waals surface area contributed by atoms with Gasteiger partial charge in [0.25, 0.3) is 0 Å². The minimum Gasteiger partial charge on any atom is -0.445 e. The van der Waals surface area contributed by atoms with Gasteiger partial charge >= 0.3 is 6.09 Å². The number of nitrogens with zero attached hydrogens (tertiary/aromatic N) is 1. The topological polar surface area (TPSA) is 41.6 Å². The fourth-order valence-electron chi connectivity index (χ4n) is 4.93. The van der Waals surface area contributed by atoms with E-state index in [9.17, 15) is 9.18 Å². The molecule has 0 radical (unpaired) electrons. The van der Waals surface area contributed by atoms with Gasteiger partial charge in [-0.05, 0) is 85.1 Å². The van der Waals surface area contributed by atoms with Crippen molar-refractivity contribution in [1.29, 1.82) is 0 Å². The predicted octanol–water partition coefficient (Wildman–Crippen LogP) is 4.30. The van der Waals surface area contributed by atoms with Crippen molar-refractivity contribution in [3.8, 4) is 11.1 Å². The van der Waals surface area contributed by atoms with Crippen LogP contribution >= 0.6 is 0 Å². The Balaban J connectivity index is 1.28. The Kier molecular flexibility index (Phi) is 4.55. The molecule has 3 fully saturated rings. The van der Waals surface area contributed by atoms with Gasteiger partial charge in [0.15, 0.2) is 0 Å². The predicted molar refractivity (Wildman–Crippen MR) is 105 cm³/mol. The summed E-state index contributed by atoms with van der Waals surface area (Å²) >= 11 is 0. The number of alkyl carbamates (subject to hydrolysis) is 1. The van der Waals surface area contributed by atoms with Gasteiger partial charge in [0.2, 0.25) is 0 Å². The molecule has 28 heavy (non-hydrogen) atoms. The van der Waals surface area contributed by atoms with Gasteiger partial charge in [-0.3, -0.25) is 4.90 Å². The summed E-state index contributed by atoms with van der Waals surface area (Å²) in [5, 5.41) is 3.09. The van der Waals surface area contributed by atoms with Crippen LogP contribution in [-0.4, -0.2) is 36.7 Å². The summed E-state index contributed by atoms with van der Waals surface area (Å²) in [6.07, 6.45) is 3.82. The van der Waals surface area contributed by atoms with E-state index in [4.69, 9.17) is 4.74 Å². The first kappa shape index (κ1) is 17.7. The van der Waals surface area contributed by atoms with Crippen LogP contribution < -0.4 is 5.32 Å². The van der Waals surface area contributed by atoms with Gasteiger partial charge in [-0.1, -0.05) is 24.3 Å². The third-order valence-corrected chi connectivity index (χ3v) is 6.55. The normalized spacial score (nSPS) is 28.0. The fourth-order valence-corrected chi connectivity index (χ4v) is 4.93. The summed E-state index contributed by atoms with van der Waals surface area (Å²) < 4.78 is 19.0. The summed E-state index contributed by atoms with van der Waals surface area (Å²) in [5.74, 6) is 0.275. The summed E-state index contributed by atoms with van der Waals surface area (Å²) in [4.78, 5) is 14.9. The highest BCUT2D eigenvalue weighted by molar-refractivity contribution is 5.70. The van der Waals surface area contributed by atoms with Crippen LogP contribution in [0.3, 0.4) is 0 Å². The van der Waals surface area contributed by atoms with Gasteiger partial charge in [-0.25, -0.2) is 9.18 Å². The molecule has 2 atom stereocenters. The Morgan fingerprint density at radius 1 is 1.04 bits per heavy atom. The number of halogens is 1. The van der Waals surface area contributed by atoms with E-state index in [1.165, 1.54) is 17.7 Å². The second-order valence-corrected chi connectivity index (χ2v) is 8.24. The van der Waals surface area contributed by atoms with Crippen molar-refractivity contribution in [3.05, 3.63) is 59.4 Å². The van der Waals surface area contributed by atoms with Crippen molar-refractivity contribution in [1.82, 2.24) is 10.2 Å². The molecule has 2 aromatic carbocycles. The number of hydrogen-bond donors (Lipinski definition) is 1. The lowest BCUT2D eigenvalue weighted by atomic mass is 9.86. The lowest BCUT2D eigenvalue weighted by Crippen LogP contribution is -2.52. The molecule has 3 heterocycles. The van der Waals surface area contributed by atoms with Gasteiger partial charge in [0.05, 0.1) is 6.04 Å². The van der Waals surface area contributed by atoms with E-state index in [-0.39, 0.29) is 24.1 Å². The van der Waals surface area contributed by atoms with Gasteiger partial charge in [0.1, 0.15) is 11.9 Å². The Labute approximate surface area is 164 Å². The molecule has 1 aliphatic carbocycles. The van der Waals surface area contributed by atoms with Crippen LogP contribution in [0.5, 0.6) is 0 Å². The minimum atomic E-state index is -0.302. The van der Waals surface area contributed by atoms with Crippen LogP contribution in [-0.2, 0) is 11.2 Å². The standard InChI is InChI=1S/C23H25FN2O2/c24-19-6-3-15(4-7-19)18-2-1-16-5-8-21(20(16)13-18)25-23(27)28-22-14-26-11-9-17(22)10-12-26/h1-4,6-7,13,17,21-22H,5,8-12,14H2,(H,25,27)/t21?,22-/m0/s1. The average Bonchev–Trinajstić information content (AvgIpc) is 3.11. The van der Waals surface area contributed by atoms with Gasteiger partial charge in [0, 0.05) is 6.54 Å². The van der Waals surface area contributed by atoms with Gasteiger partial charge in [-0.15, -0.1) is 0 Å². The summed E-state index contributed by atoms with van der Waals surface area (Å²) in [5.41, 5.74) is 4.43. The third-order valence-electron chi connectivity index (χ3n) is 6.55. The van der Waals surface area contributed by atoms with Crippen molar-refractivity contribution < 1.29 is 13.9 Å². The van der Waals surface area contributed by atoms with Gasteiger partial charge in [-0.2, -0.15) is 0 Å². The number of carbonyl (C=O) groups excluding carboxylic acids is 1. The first-order valence-electron chi connectivity index (χ1n) is 10.2. The molecule has 3 aliphatic heterocycles. The molecule has 4 aliphatic rings. The summed E-state index contributed by atoms with van der Waals surface area (Å²) in [6, 6.07) is 12.8. The van der Waals surface area contributed by atoms with Crippen LogP contribution in [0.1, 0.15) is 36.4 Å². The van der Waals surface area contributed by atoms with Crippen LogP contribution in [0.2, 0.25) is 0 Å². The lowest BCUT2D eigenvalue weighted by molar-refractivity contribution is -0.0339.